The van der Waals surface area contributed by atoms with Crippen molar-refractivity contribution in [3.8, 4) is 5.75 Å². The second-order valence-electron chi connectivity index (χ2n) is 9.55. The first-order valence-corrected chi connectivity index (χ1v) is 12.4. The summed E-state index contributed by atoms with van der Waals surface area (Å²) in [5.41, 5.74) is 1.23. The number of likely N-dealkylation sites (tertiary alicyclic amines) is 2. The van der Waals surface area contributed by atoms with E-state index in [0.29, 0.717) is 0 Å². The average molecular weight is 429 g/mol. The molecule has 0 aromatic heterocycles. The van der Waals surface area contributed by atoms with Gasteiger partial charge in [0.15, 0.2) is 0 Å². The summed E-state index contributed by atoms with van der Waals surface area (Å²) in [6, 6.07) is 8.70. The number of nitrogens with zero attached hydrogens (tertiary/aromatic N) is 3. The van der Waals surface area contributed by atoms with Crippen molar-refractivity contribution >= 4 is 11.7 Å². The zero-order valence-corrected chi connectivity index (χ0v) is 19.2. The maximum absolute atomic E-state index is 12.8. The number of carbonyl (C=O) groups is 1. The number of ether oxygens (including phenoxy) is 1. The molecule has 0 bridgehead atoms. The number of methoxy groups -OCH3 is 1. The fourth-order valence-corrected chi connectivity index (χ4v) is 5.34. The molecule has 0 radical (unpaired) electrons. The van der Waals surface area contributed by atoms with E-state index in [0.717, 1.165) is 63.5 Å². The van der Waals surface area contributed by atoms with E-state index in [1.807, 2.05) is 12.1 Å². The van der Waals surface area contributed by atoms with E-state index in [-0.39, 0.29) is 12.1 Å². The monoisotopic (exact) mass is 428 g/mol. The van der Waals surface area contributed by atoms with Crippen LogP contribution >= 0.6 is 0 Å². The number of benzene rings is 1. The summed E-state index contributed by atoms with van der Waals surface area (Å²) in [5, 5.41) is 3.31. The van der Waals surface area contributed by atoms with Gasteiger partial charge >= 0.3 is 6.03 Å². The lowest BCUT2D eigenvalue weighted by Gasteiger charge is -2.37. The first kappa shape index (κ1) is 22.3. The Labute approximate surface area is 187 Å². The average Bonchev–Trinajstić information content (AvgIpc) is 3.09. The third-order valence-electron chi connectivity index (χ3n) is 7.38. The molecule has 3 aliphatic heterocycles. The highest BCUT2D eigenvalue weighted by Gasteiger charge is 2.27. The van der Waals surface area contributed by atoms with E-state index < -0.39 is 0 Å². The van der Waals surface area contributed by atoms with Gasteiger partial charge in [-0.1, -0.05) is 12.8 Å². The molecule has 3 saturated heterocycles. The molecule has 0 atom stereocenters. The van der Waals surface area contributed by atoms with Gasteiger partial charge in [0.25, 0.3) is 0 Å². The first-order chi connectivity index (χ1) is 15.2. The quantitative estimate of drug-likeness (QED) is 0.771. The van der Waals surface area contributed by atoms with Crippen LogP contribution in [0.5, 0.6) is 5.75 Å². The van der Waals surface area contributed by atoms with Gasteiger partial charge in [0, 0.05) is 44.5 Å². The lowest BCUT2D eigenvalue weighted by Crippen LogP contribution is -2.51. The van der Waals surface area contributed by atoms with Gasteiger partial charge in [-0.05, 0) is 81.8 Å². The highest BCUT2D eigenvalue weighted by atomic mass is 16.5. The van der Waals surface area contributed by atoms with Gasteiger partial charge in [-0.15, -0.1) is 0 Å². The SMILES string of the molecule is COc1ccc(N2CCC(NC(=O)N3CCC(CN4CCCCCC4)CC3)CC2)cc1. The molecular weight excluding hydrogens is 388 g/mol. The van der Waals surface area contributed by atoms with E-state index in [1.165, 1.54) is 51.0 Å². The first-order valence-electron chi connectivity index (χ1n) is 12.4. The molecule has 6 heteroatoms. The molecule has 31 heavy (non-hydrogen) atoms. The van der Waals surface area contributed by atoms with Gasteiger partial charge in [0.2, 0.25) is 0 Å². The van der Waals surface area contributed by atoms with Crippen LogP contribution in [0.25, 0.3) is 0 Å². The zero-order valence-electron chi connectivity index (χ0n) is 19.2. The maximum Gasteiger partial charge on any atom is 0.317 e. The number of nitrogens with one attached hydrogen (secondary N) is 1. The van der Waals surface area contributed by atoms with E-state index in [9.17, 15) is 4.79 Å². The molecule has 1 N–H and O–H groups in total. The predicted octanol–water partition coefficient (Wildman–Crippen LogP) is 3.96. The highest BCUT2D eigenvalue weighted by Crippen LogP contribution is 2.24. The van der Waals surface area contributed by atoms with Gasteiger partial charge in [0.05, 0.1) is 7.11 Å². The molecule has 0 aliphatic carbocycles. The molecule has 1 aromatic rings. The Hall–Kier alpha value is -1.95. The Kier molecular flexibility index (Phi) is 7.95. The van der Waals surface area contributed by atoms with Crippen molar-refractivity contribution in [2.24, 2.45) is 5.92 Å². The number of carbonyl (C=O) groups excluding carboxylic acids is 1. The summed E-state index contributed by atoms with van der Waals surface area (Å²) < 4.78 is 5.25. The van der Waals surface area contributed by atoms with Crippen LogP contribution in [0.1, 0.15) is 51.4 Å². The van der Waals surface area contributed by atoms with Crippen LogP contribution in [0, 0.1) is 5.92 Å². The van der Waals surface area contributed by atoms with Crippen molar-refractivity contribution in [3.63, 3.8) is 0 Å². The summed E-state index contributed by atoms with van der Waals surface area (Å²) in [5.74, 6) is 1.65. The van der Waals surface area contributed by atoms with Gasteiger partial charge in [-0.25, -0.2) is 4.79 Å². The summed E-state index contributed by atoms with van der Waals surface area (Å²) in [6.45, 7) is 7.57. The van der Waals surface area contributed by atoms with Crippen molar-refractivity contribution in [1.82, 2.24) is 15.1 Å². The molecule has 0 spiro atoms. The number of piperidine rings is 2. The molecule has 172 valence electrons. The third-order valence-corrected chi connectivity index (χ3v) is 7.38. The van der Waals surface area contributed by atoms with Gasteiger partial charge in [-0.3, -0.25) is 0 Å². The zero-order chi connectivity index (χ0) is 21.5. The molecule has 6 nitrogen and oxygen atoms in total. The number of urea groups is 1. The lowest BCUT2D eigenvalue weighted by molar-refractivity contribution is 0.145. The Morgan fingerprint density at radius 1 is 0.903 bits per heavy atom. The maximum atomic E-state index is 12.8. The second kappa shape index (κ2) is 11.1. The third kappa shape index (κ3) is 6.28. The minimum absolute atomic E-state index is 0.149. The molecule has 3 aliphatic rings. The van der Waals surface area contributed by atoms with Crippen molar-refractivity contribution in [3.05, 3.63) is 24.3 Å². The van der Waals surface area contributed by atoms with Crippen molar-refractivity contribution in [1.29, 1.82) is 0 Å². The summed E-state index contributed by atoms with van der Waals surface area (Å²) >= 11 is 0. The topological polar surface area (TPSA) is 48.1 Å². The molecule has 2 amide bonds. The van der Waals surface area contributed by atoms with Crippen LogP contribution in [0.2, 0.25) is 0 Å². The summed E-state index contributed by atoms with van der Waals surface area (Å²) in [6.07, 6.45) is 9.82. The minimum atomic E-state index is 0.149. The second-order valence-corrected chi connectivity index (χ2v) is 9.55. The Morgan fingerprint density at radius 2 is 1.55 bits per heavy atom. The number of hydrogen-bond donors (Lipinski definition) is 1. The van der Waals surface area contributed by atoms with Gasteiger partial charge < -0.3 is 24.8 Å². The minimum Gasteiger partial charge on any atom is -0.497 e. The molecular formula is C25H40N4O2. The van der Waals surface area contributed by atoms with Crippen LogP contribution in [0.15, 0.2) is 24.3 Å². The molecule has 1 aromatic carbocycles. The Bertz CT molecular complexity index is 671. The number of hydrogen-bond acceptors (Lipinski definition) is 4. The summed E-state index contributed by atoms with van der Waals surface area (Å²) in [4.78, 5) is 19.9. The van der Waals surface area contributed by atoms with Crippen LogP contribution in [0.4, 0.5) is 10.5 Å². The number of rotatable bonds is 5. The predicted molar refractivity (Wildman–Crippen MR) is 126 cm³/mol. The number of amides is 2. The molecule has 3 heterocycles. The largest absolute Gasteiger partial charge is 0.497 e. The van der Waals surface area contributed by atoms with E-state index in [4.69, 9.17) is 4.74 Å². The normalized spacial score (nSPS) is 22.2. The van der Waals surface area contributed by atoms with Gasteiger partial charge in [0.1, 0.15) is 5.75 Å². The smallest absolute Gasteiger partial charge is 0.317 e. The fourth-order valence-electron chi connectivity index (χ4n) is 5.34. The highest BCUT2D eigenvalue weighted by molar-refractivity contribution is 5.74. The number of anilines is 1. The van der Waals surface area contributed by atoms with Crippen LogP contribution in [0.3, 0.4) is 0 Å². The van der Waals surface area contributed by atoms with Crippen molar-refractivity contribution in [2.75, 3.05) is 57.8 Å². The van der Waals surface area contributed by atoms with Crippen LogP contribution in [-0.2, 0) is 0 Å². The van der Waals surface area contributed by atoms with Gasteiger partial charge in [-0.2, -0.15) is 0 Å². The molecule has 0 unspecified atom stereocenters. The van der Waals surface area contributed by atoms with Crippen molar-refractivity contribution in [2.45, 2.75) is 57.4 Å². The standard InChI is InChI=1S/C25H40N4O2/c1-31-24-8-6-23(7-9-24)28-18-12-22(13-19-28)26-25(30)29-16-10-21(11-17-29)20-27-14-4-2-3-5-15-27/h6-9,21-22H,2-5,10-20H2,1H3,(H,26,30). The lowest BCUT2D eigenvalue weighted by atomic mass is 9.96. The molecule has 3 fully saturated rings. The van der Waals surface area contributed by atoms with Crippen LogP contribution < -0.4 is 15.0 Å². The fraction of sp³-hybridized carbons (Fsp3) is 0.720. The Balaban J connectivity index is 1.16. The molecule has 0 saturated carbocycles. The van der Waals surface area contributed by atoms with Crippen molar-refractivity contribution < 1.29 is 9.53 Å². The van der Waals surface area contributed by atoms with E-state index >= 15 is 0 Å². The summed E-state index contributed by atoms with van der Waals surface area (Å²) in [7, 11) is 1.70. The van der Waals surface area contributed by atoms with E-state index in [1.54, 1.807) is 7.11 Å². The van der Waals surface area contributed by atoms with E-state index in [2.05, 4.69) is 32.1 Å². The molecule has 4 rings (SSSR count). The van der Waals surface area contributed by atoms with Crippen LogP contribution in [-0.4, -0.2) is 74.8 Å². The Morgan fingerprint density at radius 3 is 2.16 bits per heavy atom.